The highest BCUT2D eigenvalue weighted by Crippen LogP contribution is 2.18. The number of hydrogen-bond acceptors (Lipinski definition) is 4. The maximum absolute atomic E-state index is 4.62. The molecule has 2 rings (SSSR count). The van der Waals surface area contributed by atoms with Crippen LogP contribution in [0.2, 0.25) is 0 Å². The number of nitrogens with zero attached hydrogens (tertiary/aromatic N) is 3. The molecule has 0 saturated heterocycles. The number of rotatable bonds is 6. The second-order valence-electron chi connectivity index (χ2n) is 4.94. The Hall–Kier alpha value is -1.81. The molecular formula is C16H22N4. The molecule has 0 bridgehead atoms. The van der Waals surface area contributed by atoms with Crippen molar-refractivity contribution in [3.8, 4) is 11.4 Å². The summed E-state index contributed by atoms with van der Waals surface area (Å²) in [5, 5.41) is 3.42. The van der Waals surface area contributed by atoms with Crippen LogP contribution in [0.15, 0.2) is 24.5 Å². The summed E-state index contributed by atoms with van der Waals surface area (Å²) in [6.07, 6.45) is 5.70. The van der Waals surface area contributed by atoms with Gasteiger partial charge in [0.15, 0.2) is 5.82 Å². The number of hydrogen-bond donors (Lipinski definition) is 1. The van der Waals surface area contributed by atoms with Crippen molar-refractivity contribution in [1.82, 2.24) is 20.3 Å². The Labute approximate surface area is 120 Å². The first-order chi connectivity index (χ1) is 9.72. The molecule has 0 unspecified atom stereocenters. The third-order valence-electron chi connectivity index (χ3n) is 3.32. The van der Waals surface area contributed by atoms with Crippen LogP contribution in [-0.2, 0) is 6.42 Å². The van der Waals surface area contributed by atoms with E-state index in [1.807, 2.05) is 12.1 Å². The van der Waals surface area contributed by atoms with Crippen LogP contribution in [0.25, 0.3) is 11.4 Å². The zero-order valence-corrected chi connectivity index (χ0v) is 12.5. The van der Waals surface area contributed by atoms with E-state index in [9.17, 15) is 0 Å². The molecule has 2 aromatic heterocycles. The zero-order chi connectivity index (χ0) is 14.4. The molecular weight excluding hydrogens is 248 g/mol. The standard InChI is InChI=1S/C16H22N4/c1-4-8-17-10-7-15-12(2)19-16(20-13(15)3)14-6-5-9-18-11-14/h5-6,9,11,17H,4,7-8,10H2,1-3H3. The zero-order valence-electron chi connectivity index (χ0n) is 12.5. The van der Waals surface area contributed by atoms with Gasteiger partial charge in [-0.15, -0.1) is 0 Å². The number of pyridine rings is 1. The van der Waals surface area contributed by atoms with Crippen LogP contribution in [0.5, 0.6) is 0 Å². The topological polar surface area (TPSA) is 50.7 Å². The summed E-state index contributed by atoms with van der Waals surface area (Å²) in [7, 11) is 0. The number of aromatic nitrogens is 3. The van der Waals surface area contributed by atoms with Gasteiger partial charge in [-0.3, -0.25) is 4.98 Å². The SMILES string of the molecule is CCCNCCc1c(C)nc(-c2cccnc2)nc1C. The van der Waals surface area contributed by atoms with E-state index >= 15 is 0 Å². The van der Waals surface area contributed by atoms with Crippen LogP contribution in [0, 0.1) is 13.8 Å². The van der Waals surface area contributed by atoms with E-state index < -0.39 is 0 Å². The molecule has 2 aromatic rings. The van der Waals surface area contributed by atoms with E-state index in [4.69, 9.17) is 0 Å². The lowest BCUT2D eigenvalue weighted by Crippen LogP contribution is -2.19. The van der Waals surface area contributed by atoms with Gasteiger partial charge in [-0.1, -0.05) is 6.92 Å². The van der Waals surface area contributed by atoms with Gasteiger partial charge in [-0.2, -0.15) is 0 Å². The quantitative estimate of drug-likeness (QED) is 0.820. The highest BCUT2D eigenvalue weighted by molar-refractivity contribution is 5.54. The van der Waals surface area contributed by atoms with Crippen molar-refractivity contribution in [2.45, 2.75) is 33.6 Å². The Balaban J connectivity index is 2.17. The Morgan fingerprint density at radius 3 is 2.45 bits per heavy atom. The minimum atomic E-state index is 0.762. The Morgan fingerprint density at radius 1 is 1.10 bits per heavy atom. The minimum Gasteiger partial charge on any atom is -0.316 e. The lowest BCUT2D eigenvalue weighted by atomic mass is 10.1. The fourth-order valence-corrected chi connectivity index (χ4v) is 2.24. The molecule has 0 radical (unpaired) electrons. The second kappa shape index (κ2) is 7.10. The fraction of sp³-hybridized carbons (Fsp3) is 0.438. The Morgan fingerprint density at radius 2 is 1.85 bits per heavy atom. The number of aryl methyl sites for hydroxylation is 2. The van der Waals surface area contributed by atoms with E-state index in [0.29, 0.717) is 0 Å². The van der Waals surface area contributed by atoms with Crippen molar-refractivity contribution in [3.63, 3.8) is 0 Å². The summed E-state index contributed by atoms with van der Waals surface area (Å²) in [6.45, 7) is 8.33. The summed E-state index contributed by atoms with van der Waals surface area (Å²) in [6, 6.07) is 3.90. The molecule has 0 aliphatic carbocycles. The number of nitrogens with one attached hydrogen (secondary N) is 1. The van der Waals surface area contributed by atoms with Crippen LogP contribution in [0.4, 0.5) is 0 Å². The van der Waals surface area contributed by atoms with Gasteiger partial charge in [-0.25, -0.2) is 9.97 Å². The molecule has 0 saturated carbocycles. The molecule has 1 N–H and O–H groups in total. The van der Waals surface area contributed by atoms with Gasteiger partial charge < -0.3 is 5.32 Å². The third kappa shape index (κ3) is 3.61. The molecule has 106 valence electrons. The Bertz CT molecular complexity index is 529. The van der Waals surface area contributed by atoms with Crippen LogP contribution in [0.3, 0.4) is 0 Å². The second-order valence-corrected chi connectivity index (χ2v) is 4.94. The van der Waals surface area contributed by atoms with Crippen molar-refractivity contribution in [2.24, 2.45) is 0 Å². The smallest absolute Gasteiger partial charge is 0.161 e. The van der Waals surface area contributed by atoms with Crippen molar-refractivity contribution < 1.29 is 0 Å². The van der Waals surface area contributed by atoms with Gasteiger partial charge in [0, 0.05) is 29.3 Å². The molecule has 4 heteroatoms. The predicted molar refractivity (Wildman–Crippen MR) is 81.6 cm³/mol. The molecule has 2 heterocycles. The van der Waals surface area contributed by atoms with E-state index in [1.54, 1.807) is 12.4 Å². The normalized spacial score (nSPS) is 10.8. The van der Waals surface area contributed by atoms with Crippen molar-refractivity contribution >= 4 is 0 Å². The molecule has 0 aliphatic rings. The van der Waals surface area contributed by atoms with E-state index in [1.165, 1.54) is 5.56 Å². The highest BCUT2D eigenvalue weighted by Gasteiger charge is 2.09. The maximum Gasteiger partial charge on any atom is 0.161 e. The summed E-state index contributed by atoms with van der Waals surface area (Å²) in [5.74, 6) is 0.762. The van der Waals surface area contributed by atoms with Gasteiger partial charge in [0.25, 0.3) is 0 Å². The van der Waals surface area contributed by atoms with E-state index in [-0.39, 0.29) is 0 Å². The maximum atomic E-state index is 4.62. The lowest BCUT2D eigenvalue weighted by Gasteiger charge is -2.11. The van der Waals surface area contributed by atoms with Gasteiger partial charge in [0.2, 0.25) is 0 Å². The first-order valence-corrected chi connectivity index (χ1v) is 7.17. The molecule has 0 aromatic carbocycles. The van der Waals surface area contributed by atoms with Crippen LogP contribution >= 0.6 is 0 Å². The molecule has 4 nitrogen and oxygen atoms in total. The summed E-state index contributed by atoms with van der Waals surface area (Å²) in [5.41, 5.74) is 4.35. The summed E-state index contributed by atoms with van der Waals surface area (Å²) in [4.78, 5) is 13.4. The fourth-order valence-electron chi connectivity index (χ4n) is 2.24. The minimum absolute atomic E-state index is 0.762. The molecule has 0 spiro atoms. The van der Waals surface area contributed by atoms with E-state index in [2.05, 4.69) is 41.0 Å². The van der Waals surface area contributed by atoms with Crippen LogP contribution < -0.4 is 5.32 Å². The van der Waals surface area contributed by atoms with Crippen molar-refractivity contribution in [2.75, 3.05) is 13.1 Å². The average Bonchev–Trinajstić information content (AvgIpc) is 2.46. The molecule has 20 heavy (non-hydrogen) atoms. The molecule has 0 atom stereocenters. The van der Waals surface area contributed by atoms with Gasteiger partial charge in [0.1, 0.15) is 0 Å². The third-order valence-corrected chi connectivity index (χ3v) is 3.32. The van der Waals surface area contributed by atoms with Crippen molar-refractivity contribution in [1.29, 1.82) is 0 Å². The average molecular weight is 270 g/mol. The van der Waals surface area contributed by atoms with Gasteiger partial charge in [-0.05, 0) is 57.5 Å². The van der Waals surface area contributed by atoms with E-state index in [0.717, 1.165) is 48.7 Å². The summed E-state index contributed by atoms with van der Waals surface area (Å²) >= 11 is 0. The van der Waals surface area contributed by atoms with Gasteiger partial charge >= 0.3 is 0 Å². The first kappa shape index (κ1) is 14.6. The molecule has 0 fully saturated rings. The molecule has 0 amide bonds. The highest BCUT2D eigenvalue weighted by atomic mass is 14.9. The van der Waals surface area contributed by atoms with Gasteiger partial charge in [0.05, 0.1) is 0 Å². The Kier molecular flexibility index (Phi) is 5.18. The first-order valence-electron chi connectivity index (χ1n) is 7.17. The monoisotopic (exact) mass is 270 g/mol. The molecule has 0 aliphatic heterocycles. The van der Waals surface area contributed by atoms with Crippen molar-refractivity contribution in [3.05, 3.63) is 41.5 Å². The van der Waals surface area contributed by atoms with Crippen LogP contribution in [-0.4, -0.2) is 28.0 Å². The summed E-state index contributed by atoms with van der Waals surface area (Å²) < 4.78 is 0. The van der Waals surface area contributed by atoms with Crippen LogP contribution in [0.1, 0.15) is 30.3 Å². The lowest BCUT2D eigenvalue weighted by molar-refractivity contribution is 0.666. The predicted octanol–water partition coefficient (Wildman–Crippen LogP) is 2.70. The largest absolute Gasteiger partial charge is 0.316 e.